The van der Waals surface area contributed by atoms with Crippen molar-refractivity contribution in [2.24, 2.45) is 5.92 Å². The molecule has 3 heterocycles. The summed E-state index contributed by atoms with van der Waals surface area (Å²) in [6, 6.07) is 1.81. The number of H-pyrrole nitrogens is 1. The van der Waals surface area contributed by atoms with Gasteiger partial charge in [-0.2, -0.15) is 10.2 Å². The molecular formula is C18H26N6O2. The first-order valence-corrected chi connectivity index (χ1v) is 9.39. The molecule has 0 spiro atoms. The standard InChI is InChI=1S/C18H26N6O2/c1-12-20-17(22-21-12)14-7-9-26-16(14)11-23(2)18(25)15-6-8-19-24(15)10-13-4-3-5-13/h6,8,13-14,16H,3-5,7,9-11H2,1-2H3,(H,20,21,22)/t14-,16-/m1/s1. The number of aromatic amines is 1. The SMILES string of the molecule is Cc1nc([C@@H]2CCO[C@@H]2CN(C)C(=O)c2ccnn2CC2CCC2)n[nH]1. The normalized spacial score (nSPS) is 23.2. The molecule has 2 atom stereocenters. The quantitative estimate of drug-likeness (QED) is 0.850. The van der Waals surface area contributed by atoms with E-state index in [-0.39, 0.29) is 17.9 Å². The van der Waals surface area contributed by atoms with Crippen LogP contribution in [0.2, 0.25) is 0 Å². The van der Waals surface area contributed by atoms with Gasteiger partial charge in [0.05, 0.1) is 12.0 Å². The maximum absolute atomic E-state index is 12.9. The van der Waals surface area contributed by atoms with E-state index in [0.29, 0.717) is 24.8 Å². The van der Waals surface area contributed by atoms with Gasteiger partial charge in [-0.25, -0.2) is 4.98 Å². The van der Waals surface area contributed by atoms with Gasteiger partial charge in [-0.1, -0.05) is 6.42 Å². The molecule has 4 rings (SSSR count). The van der Waals surface area contributed by atoms with E-state index in [4.69, 9.17) is 4.74 Å². The van der Waals surface area contributed by atoms with E-state index in [9.17, 15) is 4.79 Å². The van der Waals surface area contributed by atoms with Crippen LogP contribution in [0.1, 0.15) is 53.7 Å². The smallest absolute Gasteiger partial charge is 0.271 e. The van der Waals surface area contributed by atoms with E-state index >= 15 is 0 Å². The third-order valence-electron chi connectivity index (χ3n) is 5.55. The molecule has 0 bridgehead atoms. The highest BCUT2D eigenvalue weighted by Gasteiger charge is 2.34. The predicted octanol–water partition coefficient (Wildman–Crippen LogP) is 1.75. The maximum Gasteiger partial charge on any atom is 0.271 e. The number of carbonyl (C=O) groups excluding carboxylic acids is 1. The molecule has 1 saturated carbocycles. The van der Waals surface area contributed by atoms with Gasteiger partial charge in [0.25, 0.3) is 5.91 Å². The van der Waals surface area contributed by atoms with Crippen molar-refractivity contribution >= 4 is 5.91 Å². The van der Waals surface area contributed by atoms with Crippen LogP contribution >= 0.6 is 0 Å². The Bertz CT molecular complexity index is 765. The zero-order valence-corrected chi connectivity index (χ0v) is 15.4. The van der Waals surface area contributed by atoms with Gasteiger partial charge in [0.15, 0.2) is 5.82 Å². The number of carbonyl (C=O) groups is 1. The van der Waals surface area contributed by atoms with E-state index in [2.05, 4.69) is 20.3 Å². The summed E-state index contributed by atoms with van der Waals surface area (Å²) in [6.45, 7) is 3.91. The van der Waals surface area contributed by atoms with Gasteiger partial charge in [-0.05, 0) is 38.2 Å². The topological polar surface area (TPSA) is 88.9 Å². The summed E-state index contributed by atoms with van der Waals surface area (Å²) in [4.78, 5) is 19.1. The lowest BCUT2D eigenvalue weighted by atomic mass is 9.85. The minimum atomic E-state index is -0.0813. The Hall–Kier alpha value is -2.22. The summed E-state index contributed by atoms with van der Waals surface area (Å²) < 4.78 is 7.73. The summed E-state index contributed by atoms with van der Waals surface area (Å²) >= 11 is 0. The van der Waals surface area contributed by atoms with E-state index in [1.165, 1.54) is 19.3 Å². The fourth-order valence-corrected chi connectivity index (χ4v) is 3.78. The number of aromatic nitrogens is 5. The average molecular weight is 358 g/mol. The molecule has 1 saturated heterocycles. The van der Waals surface area contributed by atoms with Crippen molar-refractivity contribution in [2.75, 3.05) is 20.2 Å². The fourth-order valence-electron chi connectivity index (χ4n) is 3.78. The van der Waals surface area contributed by atoms with Gasteiger partial charge in [0, 0.05) is 32.9 Å². The minimum absolute atomic E-state index is 0.0118. The first-order chi connectivity index (χ1) is 12.6. The highest BCUT2D eigenvalue weighted by Crippen LogP contribution is 2.30. The van der Waals surface area contributed by atoms with Crippen LogP contribution in [-0.2, 0) is 11.3 Å². The third kappa shape index (κ3) is 3.38. The number of hydrogen-bond acceptors (Lipinski definition) is 5. The summed E-state index contributed by atoms with van der Waals surface area (Å²) in [5.41, 5.74) is 0.655. The number of nitrogens with zero attached hydrogens (tertiary/aromatic N) is 5. The van der Waals surface area contributed by atoms with Crippen molar-refractivity contribution in [3.8, 4) is 0 Å². The Balaban J connectivity index is 1.41. The van der Waals surface area contributed by atoms with Crippen LogP contribution in [-0.4, -0.2) is 62.1 Å². The molecule has 1 aliphatic heterocycles. The largest absolute Gasteiger partial charge is 0.376 e. The minimum Gasteiger partial charge on any atom is -0.376 e. The number of ether oxygens (including phenoxy) is 1. The second-order valence-electron chi connectivity index (χ2n) is 7.46. The monoisotopic (exact) mass is 358 g/mol. The third-order valence-corrected chi connectivity index (χ3v) is 5.55. The van der Waals surface area contributed by atoms with Gasteiger partial charge in [-0.3, -0.25) is 14.6 Å². The van der Waals surface area contributed by atoms with Crippen molar-refractivity contribution in [3.63, 3.8) is 0 Å². The highest BCUT2D eigenvalue weighted by molar-refractivity contribution is 5.92. The van der Waals surface area contributed by atoms with Crippen LogP contribution < -0.4 is 0 Å². The van der Waals surface area contributed by atoms with Crippen molar-refractivity contribution in [1.82, 2.24) is 29.9 Å². The Morgan fingerprint density at radius 2 is 2.27 bits per heavy atom. The predicted molar refractivity (Wildman–Crippen MR) is 94.7 cm³/mol. The number of amides is 1. The highest BCUT2D eigenvalue weighted by atomic mass is 16.5. The van der Waals surface area contributed by atoms with Crippen molar-refractivity contribution in [2.45, 2.75) is 51.2 Å². The molecule has 2 fully saturated rings. The Morgan fingerprint density at radius 1 is 1.42 bits per heavy atom. The van der Waals surface area contributed by atoms with Gasteiger partial charge in [0.2, 0.25) is 0 Å². The van der Waals surface area contributed by atoms with Gasteiger partial charge in [-0.15, -0.1) is 0 Å². The van der Waals surface area contributed by atoms with Crippen LogP contribution in [0.4, 0.5) is 0 Å². The second kappa shape index (κ2) is 7.19. The summed E-state index contributed by atoms with van der Waals surface area (Å²) in [5, 5.41) is 11.5. The molecule has 140 valence electrons. The summed E-state index contributed by atoms with van der Waals surface area (Å²) in [7, 11) is 1.82. The van der Waals surface area contributed by atoms with E-state index in [1.807, 2.05) is 24.7 Å². The van der Waals surface area contributed by atoms with E-state index in [0.717, 1.165) is 24.6 Å². The molecule has 8 heteroatoms. The zero-order valence-electron chi connectivity index (χ0n) is 15.4. The average Bonchev–Trinajstić information content (AvgIpc) is 3.30. The number of nitrogens with one attached hydrogen (secondary N) is 1. The molecule has 0 radical (unpaired) electrons. The molecule has 1 aliphatic carbocycles. The first kappa shape index (κ1) is 17.2. The van der Waals surface area contributed by atoms with Gasteiger partial charge in [0.1, 0.15) is 11.5 Å². The van der Waals surface area contributed by atoms with E-state index < -0.39 is 0 Å². The fraction of sp³-hybridized carbons (Fsp3) is 0.667. The lowest BCUT2D eigenvalue weighted by Gasteiger charge is -2.27. The van der Waals surface area contributed by atoms with E-state index in [1.54, 1.807) is 11.1 Å². The Kier molecular flexibility index (Phi) is 4.76. The van der Waals surface area contributed by atoms with Crippen LogP contribution in [0, 0.1) is 12.8 Å². The second-order valence-corrected chi connectivity index (χ2v) is 7.46. The van der Waals surface area contributed by atoms with Gasteiger partial charge < -0.3 is 9.64 Å². The molecule has 1 amide bonds. The summed E-state index contributed by atoms with van der Waals surface area (Å²) in [6.07, 6.45) is 6.26. The lowest BCUT2D eigenvalue weighted by Crippen LogP contribution is -2.37. The van der Waals surface area contributed by atoms with Crippen molar-refractivity contribution < 1.29 is 9.53 Å². The van der Waals surface area contributed by atoms with Crippen LogP contribution in [0.25, 0.3) is 0 Å². The number of hydrogen-bond donors (Lipinski definition) is 1. The lowest BCUT2D eigenvalue weighted by molar-refractivity contribution is 0.0539. The van der Waals surface area contributed by atoms with Crippen molar-refractivity contribution in [3.05, 3.63) is 29.6 Å². The molecule has 0 unspecified atom stereocenters. The molecule has 2 aromatic rings. The number of aryl methyl sites for hydroxylation is 1. The number of rotatable bonds is 6. The molecule has 26 heavy (non-hydrogen) atoms. The zero-order chi connectivity index (χ0) is 18.1. The van der Waals surface area contributed by atoms with Crippen molar-refractivity contribution in [1.29, 1.82) is 0 Å². The Morgan fingerprint density at radius 3 is 2.96 bits per heavy atom. The number of likely N-dealkylation sites (N-methyl/N-ethyl adjacent to an activating group) is 1. The summed E-state index contributed by atoms with van der Waals surface area (Å²) in [5.74, 6) is 2.34. The molecular weight excluding hydrogens is 332 g/mol. The molecule has 8 nitrogen and oxygen atoms in total. The van der Waals surface area contributed by atoms with Crippen LogP contribution in [0.15, 0.2) is 12.3 Å². The molecule has 2 aromatic heterocycles. The Labute approximate surface area is 152 Å². The van der Waals surface area contributed by atoms with Crippen LogP contribution in [0.3, 0.4) is 0 Å². The molecule has 2 aliphatic rings. The molecule has 1 N–H and O–H groups in total. The van der Waals surface area contributed by atoms with Crippen LogP contribution in [0.5, 0.6) is 0 Å². The molecule has 0 aromatic carbocycles. The maximum atomic E-state index is 12.9. The van der Waals surface area contributed by atoms with Gasteiger partial charge >= 0.3 is 0 Å². The first-order valence-electron chi connectivity index (χ1n) is 9.39.